The number of aromatic amines is 1. The van der Waals surface area contributed by atoms with E-state index < -0.39 is 27.1 Å². The third kappa shape index (κ3) is 3.36. The zero-order chi connectivity index (χ0) is 24.2. The second-order valence-electron chi connectivity index (χ2n) is 8.65. The van der Waals surface area contributed by atoms with Gasteiger partial charge in [-0.1, -0.05) is 55.0 Å². The molecule has 34 heavy (non-hydrogen) atoms. The van der Waals surface area contributed by atoms with Crippen LogP contribution in [0.25, 0.3) is 10.9 Å². The average Bonchev–Trinajstić information content (AvgIpc) is 3.18. The van der Waals surface area contributed by atoms with E-state index in [2.05, 4.69) is 4.98 Å². The first kappa shape index (κ1) is 22.1. The Bertz CT molecular complexity index is 1490. The summed E-state index contributed by atoms with van der Waals surface area (Å²) >= 11 is 0. The number of aromatic nitrogens is 1. The second-order valence-corrected chi connectivity index (χ2v) is 10.5. The van der Waals surface area contributed by atoms with Crippen LogP contribution in [0.1, 0.15) is 29.5 Å². The molecule has 8 nitrogen and oxygen atoms in total. The highest BCUT2D eigenvalue weighted by Crippen LogP contribution is 2.49. The maximum atomic E-state index is 13.7. The maximum Gasteiger partial charge on any atom is 0.269 e. The van der Waals surface area contributed by atoms with Crippen LogP contribution in [-0.2, 0) is 10.0 Å². The molecule has 3 atom stereocenters. The molecule has 0 unspecified atom stereocenters. The van der Waals surface area contributed by atoms with Gasteiger partial charge in [-0.25, -0.2) is 12.7 Å². The van der Waals surface area contributed by atoms with Gasteiger partial charge in [-0.3, -0.25) is 10.1 Å². The number of aliphatic hydroxyl groups is 1. The standard InChI is InChI=1S/C25H23N3O5S/c1-15-7-13-19(14-8-15)34(32,33)27-24-23(20-5-3-4-6-21(20)26-24)22(16(2)25(27)29)17-9-11-18(12-10-17)28(30)31/h3-14,16,22,25-26,29H,1-2H3/t16-,22+,25-/m1/s1. The van der Waals surface area contributed by atoms with Crippen LogP contribution in [0.3, 0.4) is 0 Å². The number of para-hydroxylation sites is 1. The van der Waals surface area contributed by atoms with Gasteiger partial charge >= 0.3 is 0 Å². The number of aliphatic hydroxyl groups excluding tert-OH is 1. The lowest BCUT2D eigenvalue weighted by atomic mass is 9.78. The van der Waals surface area contributed by atoms with Gasteiger partial charge in [0.25, 0.3) is 15.7 Å². The Labute approximate surface area is 196 Å². The largest absolute Gasteiger partial charge is 0.372 e. The minimum Gasteiger partial charge on any atom is -0.372 e. The molecule has 174 valence electrons. The molecule has 5 rings (SSSR count). The molecule has 0 saturated heterocycles. The predicted octanol–water partition coefficient (Wildman–Crippen LogP) is 4.68. The number of nitro groups is 1. The fourth-order valence-corrected chi connectivity index (χ4v) is 6.35. The minimum absolute atomic E-state index is 0.0320. The molecular formula is C25H23N3O5S. The lowest BCUT2D eigenvalue weighted by molar-refractivity contribution is -0.384. The summed E-state index contributed by atoms with van der Waals surface area (Å²) in [6.07, 6.45) is -1.35. The summed E-state index contributed by atoms with van der Waals surface area (Å²) in [5, 5.41) is 23.3. The number of aryl methyl sites for hydroxylation is 1. The first-order chi connectivity index (χ1) is 16.2. The summed E-state index contributed by atoms with van der Waals surface area (Å²) in [5.41, 5.74) is 3.13. The second kappa shape index (κ2) is 7.96. The van der Waals surface area contributed by atoms with Crippen molar-refractivity contribution in [1.82, 2.24) is 4.98 Å². The van der Waals surface area contributed by atoms with Crippen LogP contribution in [-0.4, -0.2) is 29.7 Å². The van der Waals surface area contributed by atoms with E-state index in [0.29, 0.717) is 5.82 Å². The summed E-state index contributed by atoms with van der Waals surface area (Å²) in [4.78, 5) is 14.0. The molecule has 3 aromatic carbocycles. The highest BCUT2D eigenvalue weighted by Gasteiger charge is 2.46. The van der Waals surface area contributed by atoms with E-state index in [-0.39, 0.29) is 16.5 Å². The summed E-state index contributed by atoms with van der Waals surface area (Å²) in [7, 11) is -4.08. The molecule has 1 aliphatic rings. The fourth-order valence-electron chi connectivity index (χ4n) is 4.78. The molecule has 2 N–H and O–H groups in total. The molecule has 0 bridgehead atoms. The Morgan fingerprint density at radius 1 is 1.00 bits per heavy atom. The topological polar surface area (TPSA) is 117 Å². The van der Waals surface area contributed by atoms with Crippen molar-refractivity contribution in [3.63, 3.8) is 0 Å². The van der Waals surface area contributed by atoms with Crippen molar-refractivity contribution >= 4 is 32.4 Å². The normalized spacial score (nSPS) is 20.3. The third-order valence-electron chi connectivity index (χ3n) is 6.53. The van der Waals surface area contributed by atoms with Crippen molar-refractivity contribution in [3.8, 4) is 0 Å². The number of nitro benzene ring substituents is 1. The number of rotatable bonds is 4. The van der Waals surface area contributed by atoms with Gasteiger partial charge in [0.05, 0.1) is 9.82 Å². The van der Waals surface area contributed by atoms with Gasteiger partial charge < -0.3 is 10.1 Å². The number of benzene rings is 3. The lowest BCUT2D eigenvalue weighted by Gasteiger charge is -2.41. The highest BCUT2D eigenvalue weighted by molar-refractivity contribution is 7.92. The number of fused-ring (bicyclic) bond motifs is 3. The van der Waals surface area contributed by atoms with Gasteiger partial charge in [0.15, 0.2) is 0 Å². The van der Waals surface area contributed by atoms with Gasteiger partial charge in [-0.05, 0) is 30.7 Å². The molecule has 2 heterocycles. The first-order valence-corrected chi connectivity index (χ1v) is 12.3. The zero-order valence-corrected chi connectivity index (χ0v) is 19.4. The van der Waals surface area contributed by atoms with Gasteiger partial charge in [-0.15, -0.1) is 0 Å². The molecule has 0 spiro atoms. The molecule has 0 aliphatic carbocycles. The molecule has 0 amide bonds. The minimum atomic E-state index is -4.08. The average molecular weight is 478 g/mol. The van der Waals surface area contributed by atoms with E-state index >= 15 is 0 Å². The van der Waals surface area contributed by atoms with Crippen LogP contribution in [0.5, 0.6) is 0 Å². The molecule has 9 heteroatoms. The van der Waals surface area contributed by atoms with Crippen molar-refractivity contribution in [2.75, 3.05) is 4.31 Å². The van der Waals surface area contributed by atoms with Crippen molar-refractivity contribution in [3.05, 3.63) is 99.6 Å². The summed E-state index contributed by atoms with van der Waals surface area (Å²) in [5.74, 6) is -0.615. The van der Waals surface area contributed by atoms with Crippen LogP contribution in [0.15, 0.2) is 77.7 Å². The molecule has 4 aromatic rings. The molecule has 1 aromatic heterocycles. The van der Waals surface area contributed by atoms with Crippen molar-refractivity contribution in [2.24, 2.45) is 5.92 Å². The fraction of sp³-hybridized carbons (Fsp3) is 0.200. The molecule has 1 aliphatic heterocycles. The number of hydrogen-bond acceptors (Lipinski definition) is 5. The SMILES string of the molecule is Cc1ccc(S(=O)(=O)N2c3[nH]c4ccccc4c3[C@H](c3ccc([N+](=O)[O-])cc3)[C@@H](C)[C@H]2O)cc1. The predicted molar refractivity (Wildman–Crippen MR) is 129 cm³/mol. The molecular weight excluding hydrogens is 454 g/mol. The lowest BCUT2D eigenvalue weighted by Crippen LogP contribution is -2.49. The number of non-ortho nitro benzene ring substituents is 1. The number of anilines is 1. The van der Waals surface area contributed by atoms with E-state index in [1.165, 1.54) is 24.3 Å². The van der Waals surface area contributed by atoms with Crippen LogP contribution in [0, 0.1) is 23.0 Å². The van der Waals surface area contributed by atoms with Crippen molar-refractivity contribution in [2.45, 2.75) is 30.9 Å². The molecule has 0 radical (unpaired) electrons. The monoisotopic (exact) mass is 477 g/mol. The summed E-state index contributed by atoms with van der Waals surface area (Å²) < 4.78 is 28.5. The van der Waals surface area contributed by atoms with Gasteiger partial charge in [0, 0.05) is 40.4 Å². The quantitative estimate of drug-likeness (QED) is 0.327. The Hall–Kier alpha value is -3.69. The smallest absolute Gasteiger partial charge is 0.269 e. The third-order valence-corrected chi connectivity index (χ3v) is 8.32. The van der Waals surface area contributed by atoms with E-state index in [0.717, 1.165) is 31.9 Å². The Morgan fingerprint density at radius 2 is 1.65 bits per heavy atom. The number of hydrogen-bond donors (Lipinski definition) is 2. The van der Waals surface area contributed by atoms with E-state index in [9.17, 15) is 23.6 Å². The Morgan fingerprint density at radius 3 is 2.29 bits per heavy atom. The van der Waals surface area contributed by atoms with Crippen molar-refractivity contribution in [1.29, 1.82) is 0 Å². The van der Waals surface area contributed by atoms with Crippen LogP contribution < -0.4 is 4.31 Å². The number of H-pyrrole nitrogens is 1. The van der Waals surface area contributed by atoms with Crippen LogP contribution in [0.2, 0.25) is 0 Å². The van der Waals surface area contributed by atoms with Crippen LogP contribution in [0.4, 0.5) is 11.5 Å². The van der Waals surface area contributed by atoms with Gasteiger partial charge in [0.1, 0.15) is 12.0 Å². The van der Waals surface area contributed by atoms with Crippen LogP contribution >= 0.6 is 0 Å². The molecule has 0 fully saturated rings. The van der Waals surface area contributed by atoms with Gasteiger partial charge in [0.2, 0.25) is 0 Å². The Balaban J connectivity index is 1.74. The van der Waals surface area contributed by atoms with Crippen molar-refractivity contribution < 1.29 is 18.4 Å². The zero-order valence-electron chi connectivity index (χ0n) is 18.5. The highest BCUT2D eigenvalue weighted by atomic mass is 32.2. The van der Waals surface area contributed by atoms with Gasteiger partial charge in [-0.2, -0.15) is 0 Å². The molecule has 0 saturated carbocycles. The number of nitrogens with one attached hydrogen (secondary N) is 1. The van der Waals surface area contributed by atoms with E-state index in [1.807, 2.05) is 31.2 Å². The first-order valence-electron chi connectivity index (χ1n) is 10.8. The summed E-state index contributed by atoms with van der Waals surface area (Å²) in [6, 6.07) is 20.2. The van der Waals surface area contributed by atoms with E-state index in [1.54, 1.807) is 31.2 Å². The van der Waals surface area contributed by atoms with E-state index in [4.69, 9.17) is 0 Å². The number of sulfonamides is 1. The Kier molecular flexibility index (Phi) is 5.18. The maximum absolute atomic E-state index is 13.7. The number of nitrogens with zero attached hydrogens (tertiary/aromatic N) is 2. The summed E-state index contributed by atoms with van der Waals surface area (Å²) in [6.45, 7) is 3.66.